The Bertz CT molecular complexity index is 1130. The van der Waals surface area contributed by atoms with Gasteiger partial charge in [0.25, 0.3) is 5.91 Å². The van der Waals surface area contributed by atoms with Gasteiger partial charge in [0.05, 0.1) is 27.5 Å². The highest BCUT2D eigenvalue weighted by Gasteiger charge is 2.34. The molecule has 1 aliphatic carbocycles. The SMILES string of the molecule is CC(C)(C)[C@H]1CC[C@H](C(NC(=O)Nc2cc(Cl)c(Cl)c(Cl)c2)c2ccc(C(=O)NCCC(=O)O)cc2)CC1. The van der Waals surface area contributed by atoms with Crippen molar-refractivity contribution in [3.63, 3.8) is 0 Å². The molecule has 3 amide bonds. The summed E-state index contributed by atoms with van der Waals surface area (Å²) in [5.41, 5.74) is 1.96. The molecule has 1 aliphatic rings. The third kappa shape index (κ3) is 8.26. The van der Waals surface area contributed by atoms with E-state index in [0.717, 1.165) is 31.2 Å². The first kappa shape index (κ1) is 30.1. The lowest BCUT2D eigenvalue weighted by atomic mass is 9.68. The van der Waals surface area contributed by atoms with E-state index in [1.54, 1.807) is 12.1 Å². The van der Waals surface area contributed by atoms with Gasteiger partial charge in [-0.05, 0) is 72.8 Å². The van der Waals surface area contributed by atoms with E-state index in [1.807, 2.05) is 12.1 Å². The van der Waals surface area contributed by atoms with Gasteiger partial charge in [-0.25, -0.2) is 4.79 Å². The number of carbonyl (C=O) groups excluding carboxylic acids is 2. The first-order chi connectivity index (χ1) is 17.8. The summed E-state index contributed by atoms with van der Waals surface area (Å²) in [6.45, 7) is 6.85. The molecule has 4 N–H and O–H groups in total. The minimum atomic E-state index is -0.975. The zero-order chi connectivity index (χ0) is 28.0. The van der Waals surface area contributed by atoms with E-state index in [1.165, 1.54) is 12.1 Å². The summed E-state index contributed by atoms with van der Waals surface area (Å²) >= 11 is 18.3. The van der Waals surface area contributed by atoms with Gasteiger partial charge in [-0.1, -0.05) is 67.7 Å². The molecule has 0 aliphatic heterocycles. The number of benzene rings is 2. The normalized spacial score (nSPS) is 18.4. The third-order valence-corrected chi connectivity index (χ3v) is 8.35. The Morgan fingerprint density at radius 2 is 1.55 bits per heavy atom. The summed E-state index contributed by atoms with van der Waals surface area (Å²) < 4.78 is 0. The first-order valence-corrected chi connectivity index (χ1v) is 13.8. The van der Waals surface area contributed by atoms with Crippen LogP contribution < -0.4 is 16.0 Å². The molecular weight excluding hydrogens is 549 g/mol. The minimum Gasteiger partial charge on any atom is -0.481 e. The van der Waals surface area contributed by atoms with Gasteiger partial charge < -0.3 is 21.1 Å². The van der Waals surface area contributed by atoms with Gasteiger partial charge in [-0.3, -0.25) is 9.59 Å². The van der Waals surface area contributed by atoms with Crippen molar-refractivity contribution in [2.24, 2.45) is 17.3 Å². The van der Waals surface area contributed by atoms with Crippen LogP contribution in [0.2, 0.25) is 15.1 Å². The van der Waals surface area contributed by atoms with E-state index in [-0.39, 0.29) is 51.3 Å². The van der Waals surface area contributed by atoms with Crippen LogP contribution in [0.3, 0.4) is 0 Å². The fraction of sp³-hybridized carbons (Fsp3) is 0.464. The topological polar surface area (TPSA) is 108 Å². The monoisotopic (exact) mass is 581 g/mol. The van der Waals surface area contributed by atoms with Gasteiger partial charge in [0.15, 0.2) is 0 Å². The van der Waals surface area contributed by atoms with Crippen molar-refractivity contribution in [3.8, 4) is 0 Å². The van der Waals surface area contributed by atoms with Gasteiger partial charge >= 0.3 is 12.0 Å². The second kappa shape index (κ2) is 13.0. The number of carboxylic acids is 1. The number of amides is 3. The van der Waals surface area contributed by atoms with E-state index in [4.69, 9.17) is 39.9 Å². The molecule has 2 aromatic rings. The molecule has 0 heterocycles. The highest BCUT2D eigenvalue weighted by Crippen LogP contribution is 2.43. The van der Waals surface area contributed by atoms with Crippen LogP contribution in [-0.4, -0.2) is 29.6 Å². The molecule has 0 bridgehead atoms. The number of aliphatic carboxylic acids is 1. The Balaban J connectivity index is 1.77. The number of rotatable bonds is 8. The van der Waals surface area contributed by atoms with Crippen LogP contribution in [0, 0.1) is 17.3 Å². The van der Waals surface area contributed by atoms with Crippen molar-refractivity contribution >= 4 is 58.4 Å². The van der Waals surface area contributed by atoms with Crippen molar-refractivity contribution in [3.05, 3.63) is 62.6 Å². The maximum Gasteiger partial charge on any atom is 0.319 e. The summed E-state index contributed by atoms with van der Waals surface area (Å²) in [6, 6.07) is 9.45. The Morgan fingerprint density at radius 3 is 2.08 bits per heavy atom. The van der Waals surface area contributed by atoms with Crippen molar-refractivity contribution in [2.45, 2.75) is 58.9 Å². The lowest BCUT2D eigenvalue weighted by Crippen LogP contribution is -2.38. The largest absolute Gasteiger partial charge is 0.481 e. The lowest BCUT2D eigenvalue weighted by molar-refractivity contribution is -0.136. The van der Waals surface area contributed by atoms with Crippen LogP contribution >= 0.6 is 34.8 Å². The highest BCUT2D eigenvalue weighted by atomic mass is 35.5. The molecule has 1 atom stereocenters. The molecule has 0 saturated heterocycles. The van der Waals surface area contributed by atoms with Crippen LogP contribution in [0.5, 0.6) is 0 Å². The van der Waals surface area contributed by atoms with Gasteiger partial charge in [0, 0.05) is 17.8 Å². The maximum absolute atomic E-state index is 13.1. The van der Waals surface area contributed by atoms with E-state index in [2.05, 4.69) is 36.7 Å². The van der Waals surface area contributed by atoms with Gasteiger partial charge in [-0.2, -0.15) is 0 Å². The van der Waals surface area contributed by atoms with Gasteiger partial charge in [0.2, 0.25) is 0 Å². The molecule has 1 fully saturated rings. The first-order valence-electron chi connectivity index (χ1n) is 12.7. The summed E-state index contributed by atoms with van der Waals surface area (Å²) in [6.07, 6.45) is 3.92. The summed E-state index contributed by atoms with van der Waals surface area (Å²) in [4.78, 5) is 36.2. The van der Waals surface area contributed by atoms with Crippen molar-refractivity contribution < 1.29 is 19.5 Å². The number of carboxylic acid groups (broad SMARTS) is 1. The number of anilines is 1. The smallest absolute Gasteiger partial charge is 0.319 e. The van der Waals surface area contributed by atoms with Gasteiger partial charge in [0.1, 0.15) is 0 Å². The Morgan fingerprint density at radius 1 is 0.974 bits per heavy atom. The lowest BCUT2D eigenvalue weighted by Gasteiger charge is -2.39. The van der Waals surface area contributed by atoms with E-state index < -0.39 is 12.0 Å². The Hall–Kier alpha value is -2.48. The quantitative estimate of drug-likeness (QED) is 0.241. The molecule has 1 saturated carbocycles. The second-order valence-electron chi connectivity index (χ2n) is 10.8. The molecule has 206 valence electrons. The minimum absolute atomic E-state index is 0.0516. The molecule has 10 heteroatoms. The standard InChI is InChI=1S/C28H34Cl3N3O4/c1-28(2,3)19-10-8-17(9-11-19)25(34-27(38)33-20-14-21(29)24(31)22(30)15-20)16-4-6-18(7-5-16)26(37)32-13-12-23(35)36/h4-7,14-15,17,19,25H,8-13H2,1-3H3,(H,32,37)(H,35,36)(H2,33,34,38)/t17-,19-,25?. The van der Waals surface area contributed by atoms with Crippen LogP contribution in [0.25, 0.3) is 0 Å². The summed E-state index contributed by atoms with van der Waals surface area (Å²) in [5, 5.41) is 18.0. The highest BCUT2D eigenvalue weighted by molar-refractivity contribution is 6.48. The molecule has 2 aromatic carbocycles. The number of nitrogens with one attached hydrogen (secondary N) is 3. The zero-order valence-electron chi connectivity index (χ0n) is 21.7. The van der Waals surface area contributed by atoms with E-state index in [9.17, 15) is 14.4 Å². The molecule has 7 nitrogen and oxygen atoms in total. The number of halogens is 3. The molecule has 0 spiro atoms. The predicted octanol–water partition coefficient (Wildman–Crippen LogP) is 7.57. The van der Waals surface area contributed by atoms with E-state index >= 15 is 0 Å². The second-order valence-corrected chi connectivity index (χ2v) is 12.0. The predicted molar refractivity (Wildman–Crippen MR) is 152 cm³/mol. The zero-order valence-corrected chi connectivity index (χ0v) is 24.0. The van der Waals surface area contributed by atoms with Crippen molar-refractivity contribution in [1.29, 1.82) is 0 Å². The molecule has 38 heavy (non-hydrogen) atoms. The summed E-state index contributed by atoms with van der Waals surface area (Å²) in [5.74, 6) is -0.491. The van der Waals surface area contributed by atoms with Crippen molar-refractivity contribution in [1.82, 2.24) is 10.6 Å². The maximum atomic E-state index is 13.1. The van der Waals surface area contributed by atoms with Crippen LogP contribution in [0.4, 0.5) is 10.5 Å². The van der Waals surface area contributed by atoms with Crippen LogP contribution in [0.15, 0.2) is 36.4 Å². The number of carbonyl (C=O) groups is 3. The molecule has 1 unspecified atom stereocenters. The average Bonchev–Trinajstić information content (AvgIpc) is 2.85. The summed E-state index contributed by atoms with van der Waals surface area (Å²) in [7, 11) is 0. The van der Waals surface area contributed by atoms with Crippen LogP contribution in [-0.2, 0) is 4.79 Å². The van der Waals surface area contributed by atoms with Crippen molar-refractivity contribution in [2.75, 3.05) is 11.9 Å². The molecule has 0 radical (unpaired) electrons. The third-order valence-electron chi connectivity index (χ3n) is 7.15. The van der Waals surface area contributed by atoms with Crippen LogP contribution in [0.1, 0.15) is 74.8 Å². The van der Waals surface area contributed by atoms with E-state index in [0.29, 0.717) is 17.2 Å². The fourth-order valence-electron chi connectivity index (χ4n) is 4.95. The number of hydrogen-bond donors (Lipinski definition) is 4. The molecule has 0 aromatic heterocycles. The fourth-order valence-corrected chi connectivity index (χ4v) is 5.55. The van der Waals surface area contributed by atoms with Gasteiger partial charge in [-0.15, -0.1) is 0 Å². The number of hydrogen-bond acceptors (Lipinski definition) is 3. The molecular formula is C28H34Cl3N3O4. The Labute approximate surface area is 238 Å². The Kier molecular flexibility index (Phi) is 10.3. The number of urea groups is 1. The average molecular weight is 583 g/mol. The molecule has 3 rings (SSSR count).